The smallest absolute Gasteiger partial charge is 0.308 e. The minimum Gasteiger partial charge on any atom is -0.491 e. The Balaban J connectivity index is 1.44. The highest BCUT2D eigenvalue weighted by atomic mass is 16.5. The number of hydrogen-bond donors (Lipinski definition) is 1. The number of Topliss-reactive ketones (excluding diaryl/α,β-unsaturated/α-hetero) is 2. The number of nitrogens with one attached hydrogen (secondary N) is 1. The fraction of sp³-hybridized carbons (Fsp3) is 0.211. The number of fused-ring (bicyclic) bond motifs is 6. The molecule has 4 aromatic rings. The van der Waals surface area contributed by atoms with Crippen LogP contribution in [0, 0.1) is 5.92 Å². The average Bonchev–Trinajstić information content (AvgIpc) is 3.52. The number of ketones is 2. The van der Waals surface area contributed by atoms with Crippen molar-refractivity contribution in [2.45, 2.75) is 44.4 Å². The number of hydrogen-bond acceptors (Lipinski definition) is 7. The zero-order chi connectivity index (χ0) is 32.2. The van der Waals surface area contributed by atoms with Gasteiger partial charge in [-0.2, -0.15) is 0 Å². The third-order valence-corrected chi connectivity index (χ3v) is 9.03. The maximum atomic E-state index is 15.0. The van der Waals surface area contributed by atoms with Crippen LogP contribution in [0.5, 0.6) is 11.5 Å². The minimum atomic E-state index is -1.43. The molecule has 1 fully saturated rings. The number of rotatable bonds is 7. The average molecular weight is 613 g/mol. The van der Waals surface area contributed by atoms with Crippen LogP contribution in [0.15, 0.2) is 103 Å². The van der Waals surface area contributed by atoms with Gasteiger partial charge < -0.3 is 19.7 Å². The van der Waals surface area contributed by atoms with E-state index in [1.165, 1.54) is 6.92 Å². The molecule has 4 aromatic carbocycles. The van der Waals surface area contributed by atoms with E-state index in [0.29, 0.717) is 33.9 Å². The second-order valence-corrected chi connectivity index (χ2v) is 12.1. The molecule has 0 aromatic heterocycles. The summed E-state index contributed by atoms with van der Waals surface area (Å²) in [7, 11) is 0. The van der Waals surface area contributed by atoms with Crippen molar-refractivity contribution in [3.63, 3.8) is 0 Å². The maximum absolute atomic E-state index is 15.0. The Bertz CT molecular complexity index is 1910. The summed E-state index contributed by atoms with van der Waals surface area (Å²) in [6, 6.07) is 26.7. The number of anilines is 1. The lowest BCUT2D eigenvalue weighted by Crippen LogP contribution is -2.49. The monoisotopic (exact) mass is 612 g/mol. The summed E-state index contributed by atoms with van der Waals surface area (Å²) >= 11 is 0. The van der Waals surface area contributed by atoms with E-state index in [-0.39, 0.29) is 23.6 Å². The molecule has 4 atom stereocenters. The van der Waals surface area contributed by atoms with E-state index < -0.39 is 29.4 Å². The first-order chi connectivity index (χ1) is 22.2. The largest absolute Gasteiger partial charge is 0.491 e. The van der Waals surface area contributed by atoms with Gasteiger partial charge in [-0.3, -0.25) is 19.2 Å². The van der Waals surface area contributed by atoms with Gasteiger partial charge in [0.1, 0.15) is 23.0 Å². The number of nitrogens with zero attached hydrogens (tertiary/aromatic N) is 1. The number of carbonyl (C=O) groups is 4. The molecule has 1 N–H and O–H groups in total. The van der Waals surface area contributed by atoms with Gasteiger partial charge in [0.2, 0.25) is 5.91 Å². The van der Waals surface area contributed by atoms with Gasteiger partial charge in [0.25, 0.3) is 0 Å². The van der Waals surface area contributed by atoms with E-state index in [2.05, 4.69) is 5.32 Å². The molecule has 0 saturated carbocycles. The summed E-state index contributed by atoms with van der Waals surface area (Å²) in [4.78, 5) is 57.7. The minimum absolute atomic E-state index is 0.0460. The lowest BCUT2D eigenvalue weighted by atomic mass is 9.62. The van der Waals surface area contributed by atoms with Crippen LogP contribution >= 0.6 is 0 Å². The molecule has 1 spiro atoms. The van der Waals surface area contributed by atoms with Crippen molar-refractivity contribution in [3.05, 3.63) is 131 Å². The molecular weight excluding hydrogens is 580 g/mol. The highest BCUT2D eigenvalue weighted by Crippen LogP contribution is 2.62. The van der Waals surface area contributed by atoms with Crippen LogP contribution in [0.2, 0.25) is 0 Å². The van der Waals surface area contributed by atoms with E-state index in [0.717, 1.165) is 11.1 Å². The van der Waals surface area contributed by atoms with Gasteiger partial charge in [0, 0.05) is 29.9 Å². The van der Waals surface area contributed by atoms with Crippen LogP contribution < -0.4 is 14.8 Å². The van der Waals surface area contributed by atoms with E-state index in [1.807, 2.05) is 79.6 Å². The molecule has 3 aliphatic heterocycles. The topological polar surface area (TPSA) is 102 Å². The lowest BCUT2D eigenvalue weighted by molar-refractivity contribution is -0.131. The molecule has 8 nitrogen and oxygen atoms in total. The van der Waals surface area contributed by atoms with Gasteiger partial charge in [-0.15, -0.1) is 0 Å². The second-order valence-electron chi connectivity index (χ2n) is 12.1. The molecule has 4 unspecified atom stereocenters. The van der Waals surface area contributed by atoms with Crippen molar-refractivity contribution >= 4 is 35.2 Å². The fourth-order valence-corrected chi connectivity index (χ4v) is 7.34. The van der Waals surface area contributed by atoms with Crippen LogP contribution in [0.4, 0.5) is 5.69 Å². The third-order valence-electron chi connectivity index (χ3n) is 9.03. The Morgan fingerprint density at radius 2 is 1.43 bits per heavy atom. The fourth-order valence-electron chi connectivity index (χ4n) is 7.34. The predicted molar refractivity (Wildman–Crippen MR) is 173 cm³/mol. The molecule has 0 bridgehead atoms. The molecule has 3 heterocycles. The van der Waals surface area contributed by atoms with Crippen LogP contribution in [0.3, 0.4) is 0 Å². The molecule has 3 aliphatic rings. The number of benzene rings is 4. The zero-order valence-electron chi connectivity index (χ0n) is 25.6. The number of ether oxygens (including phenoxy) is 2. The highest BCUT2D eigenvalue weighted by molar-refractivity contribution is 6.16. The SMILES string of the molecule is CC(=O)Oc1ccc(C(=O)C2C(C(=O)c3ccc(OC(C)C)cc3)C3(C(=O)Nc4ccccc43)C3c4ccccc4C=CN23)cc1. The summed E-state index contributed by atoms with van der Waals surface area (Å²) < 4.78 is 11.0. The molecule has 0 radical (unpaired) electrons. The van der Waals surface area contributed by atoms with Crippen LogP contribution in [-0.4, -0.2) is 40.5 Å². The number of esters is 1. The summed E-state index contributed by atoms with van der Waals surface area (Å²) in [6.07, 6.45) is 3.72. The highest BCUT2D eigenvalue weighted by Gasteiger charge is 2.70. The van der Waals surface area contributed by atoms with Crippen molar-refractivity contribution in [3.8, 4) is 11.5 Å². The van der Waals surface area contributed by atoms with E-state index in [1.54, 1.807) is 48.5 Å². The molecule has 7 rings (SSSR count). The van der Waals surface area contributed by atoms with Gasteiger partial charge in [-0.25, -0.2) is 0 Å². The van der Waals surface area contributed by atoms with Gasteiger partial charge in [-0.1, -0.05) is 42.5 Å². The molecule has 1 saturated heterocycles. The molecule has 230 valence electrons. The van der Waals surface area contributed by atoms with Gasteiger partial charge in [0.15, 0.2) is 11.6 Å². The molecular formula is C38H32N2O6. The van der Waals surface area contributed by atoms with Crippen LogP contribution in [-0.2, 0) is 15.0 Å². The van der Waals surface area contributed by atoms with Crippen LogP contribution in [0.25, 0.3) is 6.08 Å². The molecule has 46 heavy (non-hydrogen) atoms. The van der Waals surface area contributed by atoms with Gasteiger partial charge in [0.05, 0.1) is 18.1 Å². The van der Waals surface area contributed by atoms with Crippen molar-refractivity contribution in [1.29, 1.82) is 0 Å². The third kappa shape index (κ3) is 4.52. The zero-order valence-corrected chi connectivity index (χ0v) is 25.6. The predicted octanol–water partition coefficient (Wildman–Crippen LogP) is 6.38. The standard InChI is InChI=1S/C38H32N2O6/c1-22(2)45-27-16-12-25(13-17-27)34(42)32-33(35(43)26-14-18-28(19-15-26)46-23(3)41)40-21-20-24-8-4-5-9-29(24)36(40)38(32)30-10-6-7-11-31(30)39-37(38)44/h4-22,32-33,36H,1-3H3,(H,39,44). The van der Waals surface area contributed by atoms with E-state index >= 15 is 0 Å². The molecule has 1 amide bonds. The first-order valence-electron chi connectivity index (χ1n) is 15.3. The Hall–Kier alpha value is -5.50. The second kappa shape index (κ2) is 11.1. The molecule has 0 aliphatic carbocycles. The summed E-state index contributed by atoms with van der Waals surface area (Å²) in [5, 5.41) is 3.06. The summed E-state index contributed by atoms with van der Waals surface area (Å²) in [6.45, 7) is 5.15. The normalized spacial score (nSPS) is 22.2. The van der Waals surface area contributed by atoms with Crippen LogP contribution in [0.1, 0.15) is 64.2 Å². The van der Waals surface area contributed by atoms with E-state index in [9.17, 15) is 19.2 Å². The lowest BCUT2D eigenvalue weighted by Gasteiger charge is -2.38. The number of carbonyl (C=O) groups excluding carboxylic acids is 4. The number of amides is 1. The van der Waals surface area contributed by atoms with Crippen molar-refractivity contribution in [2.24, 2.45) is 5.92 Å². The van der Waals surface area contributed by atoms with Crippen molar-refractivity contribution < 1.29 is 28.7 Å². The van der Waals surface area contributed by atoms with Crippen molar-refractivity contribution in [2.75, 3.05) is 5.32 Å². The quantitative estimate of drug-likeness (QED) is 0.147. The Morgan fingerprint density at radius 1 is 0.804 bits per heavy atom. The van der Waals surface area contributed by atoms with Gasteiger partial charge in [-0.05, 0) is 91.2 Å². The number of para-hydroxylation sites is 1. The Morgan fingerprint density at radius 3 is 2.13 bits per heavy atom. The Labute approximate surface area is 266 Å². The van der Waals surface area contributed by atoms with E-state index in [4.69, 9.17) is 9.47 Å². The summed E-state index contributed by atoms with van der Waals surface area (Å²) in [5.74, 6) is -1.63. The maximum Gasteiger partial charge on any atom is 0.308 e. The molecule has 8 heteroatoms. The summed E-state index contributed by atoms with van der Waals surface area (Å²) in [5.41, 5.74) is 2.35. The Kier molecular flexibility index (Phi) is 7.08. The first kappa shape index (κ1) is 29.2. The van der Waals surface area contributed by atoms with Gasteiger partial charge >= 0.3 is 5.97 Å². The van der Waals surface area contributed by atoms with Crippen molar-refractivity contribution in [1.82, 2.24) is 4.90 Å². The first-order valence-corrected chi connectivity index (χ1v) is 15.3.